The van der Waals surface area contributed by atoms with Crippen LogP contribution in [0.1, 0.15) is 28.9 Å². The lowest BCUT2D eigenvalue weighted by Crippen LogP contribution is -2.32. The van der Waals surface area contributed by atoms with E-state index in [4.69, 9.17) is 23.2 Å². The number of rotatable bonds is 2. The van der Waals surface area contributed by atoms with Gasteiger partial charge in [0, 0.05) is 23.2 Å². The van der Waals surface area contributed by atoms with Crippen molar-refractivity contribution in [2.45, 2.75) is 18.3 Å². The minimum absolute atomic E-state index is 0.102. The molecule has 27 heavy (non-hydrogen) atoms. The molecule has 1 amide bonds. The Bertz CT molecular complexity index is 1080. The molecule has 0 bridgehead atoms. The van der Waals surface area contributed by atoms with Gasteiger partial charge in [0.2, 0.25) is 0 Å². The number of halogens is 2. The van der Waals surface area contributed by atoms with Gasteiger partial charge in [-0.15, -0.1) is 0 Å². The maximum absolute atomic E-state index is 13.2. The highest BCUT2D eigenvalue weighted by Gasteiger charge is 2.52. The van der Waals surface area contributed by atoms with E-state index in [9.17, 15) is 4.79 Å². The van der Waals surface area contributed by atoms with Crippen LogP contribution in [0.3, 0.4) is 0 Å². The molecule has 0 radical (unpaired) electrons. The Labute approximate surface area is 166 Å². The fraction of sp³-hybridized carbons (Fsp3) is 0.190. The van der Waals surface area contributed by atoms with Gasteiger partial charge in [-0.3, -0.25) is 4.79 Å². The van der Waals surface area contributed by atoms with Crippen LogP contribution in [0.15, 0.2) is 54.9 Å². The fourth-order valence-corrected chi connectivity index (χ4v) is 4.11. The first-order valence-corrected chi connectivity index (χ1v) is 9.52. The van der Waals surface area contributed by atoms with Crippen LogP contribution in [0.5, 0.6) is 0 Å². The first kappa shape index (κ1) is 16.7. The van der Waals surface area contributed by atoms with Crippen molar-refractivity contribution in [3.05, 3.63) is 76.2 Å². The van der Waals surface area contributed by atoms with Gasteiger partial charge in [-0.2, -0.15) is 0 Å². The third kappa shape index (κ3) is 2.71. The highest BCUT2D eigenvalue weighted by Crippen LogP contribution is 2.56. The molecule has 1 aliphatic carbocycles. The molecule has 4 nitrogen and oxygen atoms in total. The van der Waals surface area contributed by atoms with Crippen molar-refractivity contribution in [2.24, 2.45) is 0 Å². The molecule has 0 atom stereocenters. The Balaban J connectivity index is 1.51. The first-order chi connectivity index (χ1) is 13.1. The minimum Gasteiger partial charge on any atom is -0.306 e. The van der Waals surface area contributed by atoms with Gasteiger partial charge in [0.25, 0.3) is 5.91 Å². The van der Waals surface area contributed by atoms with Gasteiger partial charge >= 0.3 is 0 Å². The highest BCUT2D eigenvalue weighted by molar-refractivity contribution is 6.42. The van der Waals surface area contributed by atoms with E-state index in [0.717, 1.165) is 30.6 Å². The molecule has 3 aromatic rings. The molecule has 0 saturated heterocycles. The number of hydrogen-bond donors (Lipinski definition) is 0. The molecule has 5 rings (SSSR count). The molecule has 1 aliphatic heterocycles. The normalized spacial score (nSPS) is 16.4. The smallest absolute Gasteiger partial charge is 0.277 e. The van der Waals surface area contributed by atoms with Gasteiger partial charge in [-0.05, 0) is 42.7 Å². The monoisotopic (exact) mass is 395 g/mol. The number of benzene rings is 2. The minimum atomic E-state index is -0.102. The van der Waals surface area contributed by atoms with Crippen LogP contribution in [0.25, 0.3) is 11.3 Å². The Morgan fingerprint density at radius 2 is 1.81 bits per heavy atom. The average molecular weight is 396 g/mol. The summed E-state index contributed by atoms with van der Waals surface area (Å²) in [6, 6.07) is 15.2. The Hall–Kier alpha value is -2.43. The van der Waals surface area contributed by atoms with E-state index in [-0.39, 0.29) is 11.3 Å². The predicted molar refractivity (Wildman–Crippen MR) is 107 cm³/mol. The summed E-state index contributed by atoms with van der Waals surface area (Å²) in [5.74, 6) is -0.102. The lowest BCUT2D eigenvalue weighted by atomic mass is 9.99. The van der Waals surface area contributed by atoms with Crippen molar-refractivity contribution in [2.75, 3.05) is 11.4 Å². The summed E-state index contributed by atoms with van der Waals surface area (Å²) in [5, 5.41) is 0.930. The molecule has 1 aromatic heterocycles. The standard InChI is InChI=1S/C21H15Cl2N3O/c22-15-6-5-13(9-16(15)23)17-10-18(25-12-24-17)20(27)26-11-21(7-8-21)14-3-1-2-4-19(14)26/h1-6,9-10,12H,7-8,11H2. The van der Waals surface area contributed by atoms with E-state index >= 15 is 0 Å². The number of anilines is 1. The second-order valence-electron chi connectivity index (χ2n) is 7.11. The number of nitrogens with zero attached hydrogens (tertiary/aromatic N) is 3. The predicted octanol–water partition coefficient (Wildman–Crippen LogP) is 5.14. The second kappa shape index (κ2) is 6.04. The summed E-state index contributed by atoms with van der Waals surface area (Å²) >= 11 is 12.1. The molecule has 2 aromatic carbocycles. The van der Waals surface area contributed by atoms with Crippen LogP contribution >= 0.6 is 23.2 Å². The lowest BCUT2D eigenvalue weighted by Gasteiger charge is -2.17. The molecular formula is C21H15Cl2N3O. The zero-order valence-corrected chi connectivity index (χ0v) is 15.8. The van der Waals surface area contributed by atoms with Crippen molar-refractivity contribution in [3.63, 3.8) is 0 Å². The molecule has 1 spiro atoms. The summed E-state index contributed by atoms with van der Waals surface area (Å²) < 4.78 is 0. The molecule has 1 saturated carbocycles. The van der Waals surface area contributed by atoms with Crippen LogP contribution in [-0.4, -0.2) is 22.4 Å². The van der Waals surface area contributed by atoms with E-state index in [1.54, 1.807) is 18.2 Å². The lowest BCUT2D eigenvalue weighted by molar-refractivity contribution is 0.0982. The maximum Gasteiger partial charge on any atom is 0.277 e. The SMILES string of the molecule is O=C(c1cc(-c2ccc(Cl)c(Cl)c2)ncn1)N1CC2(CC2)c2ccccc21. The third-order valence-corrected chi connectivity index (χ3v) is 6.17. The van der Waals surface area contributed by atoms with E-state index in [0.29, 0.717) is 21.4 Å². The van der Waals surface area contributed by atoms with E-state index < -0.39 is 0 Å². The first-order valence-electron chi connectivity index (χ1n) is 8.76. The largest absolute Gasteiger partial charge is 0.306 e. The summed E-state index contributed by atoms with van der Waals surface area (Å²) in [4.78, 5) is 23.6. The van der Waals surface area contributed by atoms with Crippen molar-refractivity contribution in [1.29, 1.82) is 0 Å². The van der Waals surface area contributed by atoms with Gasteiger partial charge in [0.05, 0.1) is 15.7 Å². The summed E-state index contributed by atoms with van der Waals surface area (Å²) in [5.41, 5.74) is 4.22. The van der Waals surface area contributed by atoms with E-state index in [1.165, 1.54) is 11.9 Å². The Kier molecular flexibility index (Phi) is 3.74. The van der Waals surface area contributed by atoms with Crippen molar-refractivity contribution >= 4 is 34.8 Å². The molecule has 0 unspecified atom stereocenters. The second-order valence-corrected chi connectivity index (χ2v) is 7.92. The number of hydrogen-bond acceptors (Lipinski definition) is 3. The van der Waals surface area contributed by atoms with Gasteiger partial charge in [-0.25, -0.2) is 9.97 Å². The Morgan fingerprint density at radius 3 is 2.59 bits per heavy atom. The fourth-order valence-electron chi connectivity index (χ4n) is 3.82. The number of amides is 1. The van der Waals surface area contributed by atoms with Crippen molar-refractivity contribution < 1.29 is 4.79 Å². The molecular weight excluding hydrogens is 381 g/mol. The zero-order chi connectivity index (χ0) is 18.6. The van der Waals surface area contributed by atoms with Crippen LogP contribution < -0.4 is 4.90 Å². The quantitative estimate of drug-likeness (QED) is 0.603. The topological polar surface area (TPSA) is 46.1 Å². The van der Waals surface area contributed by atoms with Gasteiger partial charge < -0.3 is 4.90 Å². The molecule has 6 heteroatoms. The van der Waals surface area contributed by atoms with Crippen molar-refractivity contribution in [1.82, 2.24) is 9.97 Å². The molecule has 2 heterocycles. The maximum atomic E-state index is 13.2. The molecule has 134 valence electrons. The zero-order valence-electron chi connectivity index (χ0n) is 14.3. The number of carbonyl (C=O) groups excluding carboxylic acids is 1. The molecule has 2 aliphatic rings. The van der Waals surface area contributed by atoms with Crippen LogP contribution in [-0.2, 0) is 5.41 Å². The number of aromatic nitrogens is 2. The number of carbonyl (C=O) groups is 1. The van der Waals surface area contributed by atoms with E-state index in [1.807, 2.05) is 29.2 Å². The summed E-state index contributed by atoms with van der Waals surface area (Å²) in [6.45, 7) is 0.720. The number of fused-ring (bicyclic) bond motifs is 2. The van der Waals surface area contributed by atoms with Crippen LogP contribution in [0.4, 0.5) is 5.69 Å². The highest BCUT2D eigenvalue weighted by atomic mass is 35.5. The Morgan fingerprint density at radius 1 is 1.00 bits per heavy atom. The summed E-state index contributed by atoms with van der Waals surface area (Å²) in [6.07, 6.45) is 3.68. The number of para-hydroxylation sites is 1. The average Bonchev–Trinajstić information content (AvgIpc) is 3.41. The van der Waals surface area contributed by atoms with Crippen LogP contribution in [0, 0.1) is 0 Å². The van der Waals surface area contributed by atoms with Gasteiger partial charge in [0.1, 0.15) is 12.0 Å². The van der Waals surface area contributed by atoms with Crippen molar-refractivity contribution in [3.8, 4) is 11.3 Å². The third-order valence-electron chi connectivity index (χ3n) is 5.43. The molecule has 0 N–H and O–H groups in total. The van der Waals surface area contributed by atoms with Gasteiger partial charge in [0.15, 0.2) is 0 Å². The van der Waals surface area contributed by atoms with Gasteiger partial charge in [-0.1, -0.05) is 47.5 Å². The molecule has 1 fully saturated rings. The summed E-state index contributed by atoms with van der Waals surface area (Å²) in [7, 11) is 0. The van der Waals surface area contributed by atoms with Crippen LogP contribution in [0.2, 0.25) is 10.0 Å². The van der Waals surface area contributed by atoms with E-state index in [2.05, 4.69) is 16.0 Å².